The standard InChI is InChI=1S/C16H18Cl2N4O3S3/c1-3-9-26-16-21-20-15(27-16)19-14(23)5-4-8-22(28(2,24)25)13-10-11(17)6-7-12(13)18/h3,6-7,10H,1,4-5,8-9H2,2H3,(H,19,20,23). The smallest absolute Gasteiger partial charge is 0.232 e. The number of amides is 1. The third-order valence-electron chi connectivity index (χ3n) is 3.32. The van der Waals surface area contributed by atoms with Crippen molar-refractivity contribution in [2.24, 2.45) is 0 Å². The van der Waals surface area contributed by atoms with Gasteiger partial charge >= 0.3 is 0 Å². The maximum Gasteiger partial charge on any atom is 0.232 e. The van der Waals surface area contributed by atoms with Crippen molar-refractivity contribution in [1.82, 2.24) is 10.2 Å². The molecular weight excluding hydrogens is 463 g/mol. The molecule has 7 nitrogen and oxygen atoms in total. The van der Waals surface area contributed by atoms with E-state index in [-0.39, 0.29) is 29.6 Å². The molecule has 0 aliphatic rings. The molecule has 0 atom stereocenters. The average molecular weight is 481 g/mol. The Morgan fingerprint density at radius 3 is 2.82 bits per heavy atom. The molecule has 0 bridgehead atoms. The van der Waals surface area contributed by atoms with E-state index < -0.39 is 10.0 Å². The molecule has 12 heteroatoms. The number of nitrogens with one attached hydrogen (secondary N) is 1. The number of benzene rings is 1. The van der Waals surface area contributed by atoms with Gasteiger partial charge in [0.15, 0.2) is 4.34 Å². The maximum absolute atomic E-state index is 12.1. The Labute approximate surface area is 182 Å². The summed E-state index contributed by atoms with van der Waals surface area (Å²) in [6, 6.07) is 4.58. The minimum absolute atomic E-state index is 0.0862. The third kappa shape index (κ3) is 6.93. The molecule has 0 saturated carbocycles. The lowest BCUT2D eigenvalue weighted by Gasteiger charge is -2.23. The lowest BCUT2D eigenvalue weighted by atomic mass is 10.2. The average Bonchev–Trinajstić information content (AvgIpc) is 3.05. The highest BCUT2D eigenvalue weighted by Gasteiger charge is 2.20. The summed E-state index contributed by atoms with van der Waals surface area (Å²) in [5.74, 6) is 0.428. The van der Waals surface area contributed by atoms with Gasteiger partial charge in [-0.15, -0.1) is 16.8 Å². The number of thioether (sulfide) groups is 1. The molecule has 0 fully saturated rings. The van der Waals surface area contributed by atoms with Crippen molar-refractivity contribution < 1.29 is 13.2 Å². The van der Waals surface area contributed by atoms with Gasteiger partial charge in [0.2, 0.25) is 21.1 Å². The molecular formula is C16H18Cl2N4O3S3. The first kappa shape index (κ1) is 23.0. The van der Waals surface area contributed by atoms with Crippen molar-refractivity contribution in [2.45, 2.75) is 17.2 Å². The second-order valence-electron chi connectivity index (χ2n) is 5.56. The zero-order chi connectivity index (χ0) is 20.7. The third-order valence-corrected chi connectivity index (χ3v) is 7.02. The van der Waals surface area contributed by atoms with E-state index in [1.807, 2.05) is 0 Å². The van der Waals surface area contributed by atoms with Crippen LogP contribution >= 0.6 is 46.3 Å². The quantitative estimate of drug-likeness (QED) is 0.309. The minimum atomic E-state index is -3.59. The van der Waals surface area contributed by atoms with E-state index in [0.29, 0.717) is 22.3 Å². The van der Waals surface area contributed by atoms with Crippen molar-refractivity contribution in [3.05, 3.63) is 40.9 Å². The molecule has 0 radical (unpaired) electrons. The van der Waals surface area contributed by atoms with Gasteiger partial charge in [-0.25, -0.2) is 8.42 Å². The predicted octanol–water partition coefficient (Wildman–Crippen LogP) is 4.31. The summed E-state index contributed by atoms with van der Waals surface area (Å²) in [5.41, 5.74) is 0.282. The van der Waals surface area contributed by atoms with Crippen LogP contribution in [0.1, 0.15) is 12.8 Å². The fourth-order valence-electron chi connectivity index (χ4n) is 2.16. The molecule has 152 valence electrons. The minimum Gasteiger partial charge on any atom is -0.301 e. The van der Waals surface area contributed by atoms with Gasteiger partial charge in [0.1, 0.15) is 0 Å². The highest BCUT2D eigenvalue weighted by molar-refractivity contribution is 8.01. The van der Waals surface area contributed by atoms with E-state index in [9.17, 15) is 13.2 Å². The number of hydrogen-bond donors (Lipinski definition) is 1. The summed E-state index contributed by atoms with van der Waals surface area (Å²) >= 11 is 14.8. The Morgan fingerprint density at radius 1 is 1.39 bits per heavy atom. The molecule has 2 rings (SSSR count). The van der Waals surface area contributed by atoms with Crippen LogP contribution in [0.3, 0.4) is 0 Å². The number of halogens is 2. The van der Waals surface area contributed by atoms with E-state index >= 15 is 0 Å². The van der Waals surface area contributed by atoms with Crippen LogP contribution in [0.4, 0.5) is 10.8 Å². The Morgan fingerprint density at radius 2 is 2.14 bits per heavy atom. The van der Waals surface area contributed by atoms with Gasteiger partial charge in [-0.1, -0.05) is 52.4 Å². The second-order valence-corrected chi connectivity index (χ2v) is 10.6. The Hall–Kier alpha value is -1.33. The van der Waals surface area contributed by atoms with Crippen molar-refractivity contribution in [1.29, 1.82) is 0 Å². The summed E-state index contributed by atoms with van der Waals surface area (Å²) in [4.78, 5) is 12.1. The number of hydrogen-bond acceptors (Lipinski definition) is 7. The van der Waals surface area contributed by atoms with E-state index in [1.165, 1.54) is 35.2 Å². The zero-order valence-corrected chi connectivity index (χ0v) is 18.9. The van der Waals surface area contributed by atoms with Crippen molar-refractivity contribution in [3.63, 3.8) is 0 Å². The Balaban J connectivity index is 1.95. The molecule has 2 aromatic rings. The fourth-order valence-corrected chi connectivity index (χ4v) is 5.09. The summed E-state index contributed by atoms with van der Waals surface area (Å²) < 4.78 is 26.2. The predicted molar refractivity (Wildman–Crippen MR) is 117 cm³/mol. The van der Waals surface area contributed by atoms with Gasteiger partial charge in [0.05, 0.1) is 17.0 Å². The van der Waals surface area contributed by atoms with Gasteiger partial charge in [0, 0.05) is 23.7 Å². The fraction of sp³-hybridized carbons (Fsp3) is 0.312. The van der Waals surface area contributed by atoms with Gasteiger partial charge in [-0.2, -0.15) is 0 Å². The molecule has 28 heavy (non-hydrogen) atoms. The number of carbonyl (C=O) groups excluding carboxylic acids is 1. The Bertz CT molecular complexity index is 950. The molecule has 0 spiro atoms. The van der Waals surface area contributed by atoms with Crippen molar-refractivity contribution in [2.75, 3.05) is 28.2 Å². The Kier molecular flexibility index (Phi) is 8.56. The summed E-state index contributed by atoms with van der Waals surface area (Å²) in [5, 5.41) is 11.6. The molecule has 1 heterocycles. The summed E-state index contributed by atoms with van der Waals surface area (Å²) in [6.45, 7) is 3.72. The molecule has 1 aromatic heterocycles. The van der Waals surface area contributed by atoms with Gasteiger partial charge in [-0.3, -0.25) is 9.10 Å². The molecule has 0 aliphatic heterocycles. The monoisotopic (exact) mass is 480 g/mol. The number of sulfonamides is 1. The van der Waals surface area contributed by atoms with Crippen LogP contribution in [-0.4, -0.2) is 43.1 Å². The highest BCUT2D eigenvalue weighted by atomic mass is 35.5. The first-order valence-corrected chi connectivity index (χ1v) is 12.4. The van der Waals surface area contributed by atoms with Crippen LogP contribution in [0.15, 0.2) is 35.2 Å². The lowest BCUT2D eigenvalue weighted by Crippen LogP contribution is -2.31. The normalized spacial score (nSPS) is 11.2. The van der Waals surface area contributed by atoms with Crippen molar-refractivity contribution in [3.8, 4) is 0 Å². The van der Waals surface area contributed by atoms with Crippen LogP contribution in [0, 0.1) is 0 Å². The zero-order valence-electron chi connectivity index (χ0n) is 14.9. The topological polar surface area (TPSA) is 92.3 Å². The van der Waals surface area contributed by atoms with E-state index in [4.69, 9.17) is 23.2 Å². The van der Waals surface area contributed by atoms with Gasteiger partial charge in [-0.05, 0) is 24.6 Å². The molecule has 0 unspecified atom stereocenters. The van der Waals surface area contributed by atoms with Gasteiger partial charge < -0.3 is 5.32 Å². The number of nitrogens with zero attached hydrogens (tertiary/aromatic N) is 3. The van der Waals surface area contributed by atoms with Gasteiger partial charge in [0.25, 0.3) is 0 Å². The molecule has 0 aliphatic carbocycles. The van der Waals surface area contributed by atoms with E-state index in [0.717, 1.165) is 14.9 Å². The highest BCUT2D eigenvalue weighted by Crippen LogP contribution is 2.31. The second kappa shape index (κ2) is 10.4. The van der Waals surface area contributed by atoms with E-state index in [1.54, 1.807) is 12.1 Å². The number of rotatable bonds is 10. The number of anilines is 2. The summed E-state index contributed by atoms with van der Waals surface area (Å²) in [6.07, 6.45) is 3.23. The largest absolute Gasteiger partial charge is 0.301 e. The van der Waals surface area contributed by atoms with Crippen LogP contribution < -0.4 is 9.62 Å². The number of aromatic nitrogens is 2. The number of carbonyl (C=O) groups is 1. The summed E-state index contributed by atoms with van der Waals surface area (Å²) in [7, 11) is -3.59. The molecule has 1 N–H and O–H groups in total. The maximum atomic E-state index is 12.1. The molecule has 0 saturated heterocycles. The first-order valence-electron chi connectivity index (χ1n) is 8.00. The molecule has 1 amide bonds. The van der Waals surface area contributed by atoms with Crippen LogP contribution in [0.2, 0.25) is 10.0 Å². The van der Waals surface area contributed by atoms with Crippen LogP contribution in [0.5, 0.6) is 0 Å². The van der Waals surface area contributed by atoms with E-state index in [2.05, 4.69) is 22.1 Å². The van der Waals surface area contributed by atoms with Crippen molar-refractivity contribution >= 4 is 73.0 Å². The SMILES string of the molecule is C=CCSc1nnc(NC(=O)CCCN(c2cc(Cl)ccc2Cl)S(C)(=O)=O)s1. The molecule has 1 aromatic carbocycles. The van der Waals surface area contributed by atoms with Crippen LogP contribution in [0.25, 0.3) is 0 Å². The first-order chi connectivity index (χ1) is 13.2. The van der Waals surface area contributed by atoms with Crippen LogP contribution in [-0.2, 0) is 14.8 Å². The lowest BCUT2D eigenvalue weighted by molar-refractivity contribution is -0.116.